The monoisotopic (exact) mass is 465 g/mol. The summed E-state index contributed by atoms with van der Waals surface area (Å²) in [6, 6.07) is 8.85. The third kappa shape index (κ3) is 4.86. The first-order chi connectivity index (χ1) is 15.2. The molecule has 1 fully saturated rings. The molecule has 2 heterocycles. The van der Waals surface area contributed by atoms with Crippen LogP contribution in [0.25, 0.3) is 10.9 Å². The number of likely N-dealkylation sites (tertiary alicyclic amines) is 1. The molecule has 0 aliphatic carbocycles. The summed E-state index contributed by atoms with van der Waals surface area (Å²) in [6.07, 6.45) is -2.44. The van der Waals surface area contributed by atoms with Crippen LogP contribution in [0.15, 0.2) is 42.7 Å². The van der Waals surface area contributed by atoms with E-state index in [9.17, 15) is 18.0 Å². The van der Waals surface area contributed by atoms with Crippen molar-refractivity contribution in [2.75, 3.05) is 25.0 Å². The van der Waals surface area contributed by atoms with Gasteiger partial charge in [-0.25, -0.2) is 9.97 Å². The number of ether oxygens (including phenoxy) is 1. The number of benzene rings is 2. The van der Waals surface area contributed by atoms with Crippen molar-refractivity contribution in [3.8, 4) is 5.75 Å². The third-order valence-corrected chi connectivity index (χ3v) is 5.51. The Morgan fingerprint density at radius 3 is 2.66 bits per heavy atom. The fourth-order valence-corrected chi connectivity index (χ4v) is 3.79. The van der Waals surface area contributed by atoms with E-state index in [0.717, 1.165) is 19.5 Å². The molecule has 0 radical (unpaired) electrons. The van der Waals surface area contributed by atoms with E-state index in [1.807, 2.05) is 0 Å². The minimum atomic E-state index is -4.83. The Morgan fingerprint density at radius 1 is 1.25 bits per heavy atom. The first-order valence-corrected chi connectivity index (χ1v) is 10.2. The molecular weight excluding hydrogens is 447 g/mol. The summed E-state index contributed by atoms with van der Waals surface area (Å²) in [6.45, 7) is 2.41. The molecule has 2 aromatic carbocycles. The molecule has 0 saturated carbocycles. The largest absolute Gasteiger partial charge is 0.573 e. The highest BCUT2D eigenvalue weighted by molar-refractivity contribution is 6.32. The quantitative estimate of drug-likeness (QED) is 0.544. The molecule has 0 spiro atoms. The molecule has 3 N–H and O–H groups in total. The highest BCUT2D eigenvalue weighted by Gasteiger charge is 2.32. The lowest BCUT2D eigenvalue weighted by molar-refractivity contribution is -0.274. The molecule has 1 saturated heterocycles. The summed E-state index contributed by atoms with van der Waals surface area (Å²) in [4.78, 5) is 22.5. The van der Waals surface area contributed by atoms with E-state index < -0.39 is 18.0 Å². The average molecular weight is 466 g/mol. The molecule has 1 atom stereocenters. The number of nitrogens with one attached hydrogen (secondary N) is 1. The van der Waals surface area contributed by atoms with Crippen molar-refractivity contribution in [3.05, 3.63) is 58.9 Å². The second kappa shape index (κ2) is 8.79. The van der Waals surface area contributed by atoms with Crippen LogP contribution in [0.3, 0.4) is 0 Å². The van der Waals surface area contributed by atoms with E-state index in [-0.39, 0.29) is 16.6 Å². The first kappa shape index (κ1) is 22.1. The lowest BCUT2D eigenvalue weighted by atomic mass is 10.0. The van der Waals surface area contributed by atoms with E-state index in [1.165, 1.54) is 24.5 Å². The molecule has 3 aromatic rings. The average Bonchev–Trinajstić information content (AvgIpc) is 2.70. The van der Waals surface area contributed by atoms with E-state index >= 15 is 0 Å². The highest BCUT2D eigenvalue weighted by atomic mass is 35.5. The Morgan fingerprint density at radius 2 is 2.03 bits per heavy atom. The van der Waals surface area contributed by atoms with Crippen LogP contribution in [0.4, 0.5) is 19.0 Å². The molecular formula is C21H19ClF3N5O2. The number of rotatable bonds is 7. The zero-order valence-corrected chi connectivity index (χ0v) is 17.5. The van der Waals surface area contributed by atoms with E-state index in [1.54, 1.807) is 18.2 Å². The first-order valence-electron chi connectivity index (χ1n) is 9.79. The number of alkyl halides is 3. The number of carbonyl (C=O) groups is 1. The van der Waals surface area contributed by atoms with Gasteiger partial charge in [0.05, 0.1) is 22.1 Å². The van der Waals surface area contributed by atoms with Gasteiger partial charge in [0.15, 0.2) is 0 Å². The van der Waals surface area contributed by atoms with Gasteiger partial charge in [-0.3, -0.25) is 4.79 Å². The number of halogens is 4. The maximum Gasteiger partial charge on any atom is 0.573 e. The number of nitrogens with two attached hydrogens (primary N) is 1. The van der Waals surface area contributed by atoms with E-state index in [2.05, 4.69) is 24.9 Å². The highest BCUT2D eigenvalue weighted by Crippen LogP contribution is 2.34. The number of hydrogen-bond donors (Lipinski definition) is 2. The topological polar surface area (TPSA) is 93.4 Å². The van der Waals surface area contributed by atoms with Crippen molar-refractivity contribution in [3.63, 3.8) is 0 Å². The van der Waals surface area contributed by atoms with Crippen molar-refractivity contribution >= 4 is 34.2 Å². The van der Waals surface area contributed by atoms with E-state index in [0.29, 0.717) is 28.8 Å². The predicted molar refractivity (Wildman–Crippen MR) is 114 cm³/mol. The molecule has 11 heteroatoms. The fraction of sp³-hybridized carbons (Fsp3) is 0.286. The number of nitrogens with zero attached hydrogens (tertiary/aromatic N) is 3. The van der Waals surface area contributed by atoms with Crippen LogP contribution in [0.5, 0.6) is 5.75 Å². The molecule has 1 unspecified atom stereocenters. The number of primary amides is 1. The van der Waals surface area contributed by atoms with Gasteiger partial charge in [0.1, 0.15) is 17.9 Å². The summed E-state index contributed by atoms with van der Waals surface area (Å²) < 4.78 is 41.7. The van der Waals surface area contributed by atoms with Crippen LogP contribution in [-0.4, -0.2) is 46.8 Å². The summed E-state index contributed by atoms with van der Waals surface area (Å²) >= 11 is 6.07. The molecule has 168 valence electrons. The van der Waals surface area contributed by atoms with Gasteiger partial charge in [-0.1, -0.05) is 23.7 Å². The molecule has 1 amide bonds. The Balaban J connectivity index is 1.68. The summed E-state index contributed by atoms with van der Waals surface area (Å²) in [5.41, 5.74) is 6.79. The van der Waals surface area contributed by atoms with Crippen LogP contribution < -0.4 is 15.8 Å². The molecule has 0 bridgehead atoms. The van der Waals surface area contributed by atoms with Gasteiger partial charge < -0.3 is 20.7 Å². The van der Waals surface area contributed by atoms with Gasteiger partial charge in [-0.2, -0.15) is 0 Å². The zero-order chi connectivity index (χ0) is 22.9. The van der Waals surface area contributed by atoms with Crippen LogP contribution in [0, 0.1) is 0 Å². The lowest BCUT2D eigenvalue weighted by Crippen LogP contribution is -2.41. The molecule has 4 rings (SSSR count). The Kier molecular flexibility index (Phi) is 6.07. The molecule has 32 heavy (non-hydrogen) atoms. The van der Waals surface area contributed by atoms with Crippen molar-refractivity contribution in [2.24, 2.45) is 5.73 Å². The minimum absolute atomic E-state index is 0.154. The Hall–Kier alpha value is -3.11. The summed E-state index contributed by atoms with van der Waals surface area (Å²) in [5.74, 6) is -0.607. The molecule has 1 aliphatic heterocycles. The number of para-hydroxylation sites is 1. The zero-order valence-electron chi connectivity index (χ0n) is 16.7. The maximum absolute atomic E-state index is 12.6. The second-order valence-corrected chi connectivity index (χ2v) is 7.78. The van der Waals surface area contributed by atoms with Gasteiger partial charge in [0, 0.05) is 11.9 Å². The van der Waals surface area contributed by atoms with Crippen LogP contribution >= 0.6 is 11.6 Å². The number of amides is 1. The summed E-state index contributed by atoms with van der Waals surface area (Å²) in [5, 5.41) is 3.78. The second-order valence-electron chi connectivity index (χ2n) is 7.38. The number of fused-ring (bicyclic) bond motifs is 1. The number of aromatic nitrogens is 2. The van der Waals surface area contributed by atoms with E-state index in [4.69, 9.17) is 17.3 Å². The van der Waals surface area contributed by atoms with Gasteiger partial charge in [0.2, 0.25) is 0 Å². The Bertz CT molecular complexity index is 1150. The molecule has 1 aliphatic rings. The normalized spacial score (nSPS) is 15.2. The number of carbonyl (C=O) groups excluding carboxylic acids is 1. The summed E-state index contributed by atoms with van der Waals surface area (Å²) in [7, 11) is 0. The van der Waals surface area contributed by atoms with Gasteiger partial charge >= 0.3 is 6.36 Å². The van der Waals surface area contributed by atoms with Gasteiger partial charge in [-0.05, 0) is 49.3 Å². The fourth-order valence-electron chi connectivity index (χ4n) is 3.56. The van der Waals surface area contributed by atoms with Crippen molar-refractivity contribution in [2.45, 2.75) is 18.8 Å². The third-order valence-electron chi connectivity index (χ3n) is 5.21. The van der Waals surface area contributed by atoms with Crippen LogP contribution in [0.2, 0.25) is 5.02 Å². The van der Waals surface area contributed by atoms with Crippen LogP contribution in [0.1, 0.15) is 28.4 Å². The van der Waals surface area contributed by atoms with Crippen LogP contribution in [-0.2, 0) is 0 Å². The lowest BCUT2D eigenvalue weighted by Gasteiger charge is -2.35. The SMILES string of the molecule is NC(=O)c1cccc2c(NC(CN3CCC3)c3ccc(OC(F)(F)F)c(Cl)c3)ncnc12. The number of anilines is 1. The maximum atomic E-state index is 12.6. The van der Waals surface area contributed by atoms with Gasteiger partial charge in [0.25, 0.3) is 5.91 Å². The Labute approximate surface area is 186 Å². The molecule has 1 aromatic heterocycles. The van der Waals surface area contributed by atoms with Crippen molar-refractivity contribution < 1.29 is 22.7 Å². The van der Waals surface area contributed by atoms with Crippen molar-refractivity contribution in [1.29, 1.82) is 0 Å². The predicted octanol–water partition coefficient (Wildman–Crippen LogP) is 4.14. The standard InChI is InChI=1S/C21H19ClF3N5O2/c22-15-9-12(5-6-17(15)32-21(23,24)25)16(10-30-7-2-8-30)29-20-14-4-1-3-13(19(26)31)18(14)27-11-28-20/h1,3-6,9,11,16H,2,7-8,10H2,(H2,26,31)(H,27,28,29). The minimum Gasteiger partial charge on any atom is -0.404 e. The number of hydrogen-bond acceptors (Lipinski definition) is 6. The molecule has 7 nitrogen and oxygen atoms in total. The van der Waals surface area contributed by atoms with Crippen molar-refractivity contribution in [1.82, 2.24) is 14.9 Å². The smallest absolute Gasteiger partial charge is 0.404 e. The van der Waals surface area contributed by atoms with Gasteiger partial charge in [-0.15, -0.1) is 13.2 Å².